The molecule has 1 heterocycles. The van der Waals surface area contributed by atoms with Crippen LogP contribution in [0.5, 0.6) is 0 Å². The molecule has 0 unspecified atom stereocenters. The van der Waals surface area contributed by atoms with Gasteiger partial charge in [-0.05, 0) is 10.5 Å². The molecule has 0 bridgehead atoms. The predicted octanol–water partition coefficient (Wildman–Crippen LogP) is 0.222. The molecule has 0 saturated heterocycles. The maximum Gasteiger partial charge on any atom is 0.369 e. The van der Waals surface area contributed by atoms with E-state index < -0.39 is 16.2 Å². The molecule has 6 nitrogen and oxygen atoms in total. The number of benzene rings is 1. The minimum Gasteiger partial charge on any atom is -0.244 e. The SMILES string of the molecule is O=c1ncc2ccccc2n1N=S(=O)=O. The Morgan fingerprint density at radius 1 is 1.27 bits per heavy atom. The smallest absolute Gasteiger partial charge is 0.244 e. The summed E-state index contributed by atoms with van der Waals surface area (Å²) in [4.78, 5) is 14.8. The second-order valence-electron chi connectivity index (χ2n) is 2.71. The third-order valence-electron chi connectivity index (χ3n) is 1.81. The molecule has 0 aliphatic rings. The van der Waals surface area contributed by atoms with E-state index in [1.54, 1.807) is 24.3 Å². The zero-order valence-electron chi connectivity index (χ0n) is 7.36. The van der Waals surface area contributed by atoms with E-state index in [9.17, 15) is 13.2 Å². The topological polar surface area (TPSA) is 81.4 Å². The van der Waals surface area contributed by atoms with Crippen molar-refractivity contribution in [2.75, 3.05) is 0 Å². The minimum absolute atomic E-state index is 0.404. The fourth-order valence-electron chi connectivity index (χ4n) is 1.22. The van der Waals surface area contributed by atoms with Crippen LogP contribution in [0.1, 0.15) is 0 Å². The Hall–Kier alpha value is -2.02. The summed E-state index contributed by atoms with van der Waals surface area (Å²) in [5, 5.41) is 0.645. The summed E-state index contributed by atoms with van der Waals surface area (Å²) in [5.41, 5.74) is -0.320. The lowest BCUT2D eigenvalue weighted by atomic mass is 10.2. The zero-order chi connectivity index (χ0) is 10.8. The van der Waals surface area contributed by atoms with Gasteiger partial charge < -0.3 is 0 Å². The van der Waals surface area contributed by atoms with Crippen LogP contribution in [0.15, 0.2) is 39.7 Å². The van der Waals surface area contributed by atoms with Crippen molar-refractivity contribution < 1.29 is 8.42 Å². The number of aromatic nitrogens is 2. The van der Waals surface area contributed by atoms with E-state index in [2.05, 4.69) is 9.46 Å². The maximum absolute atomic E-state index is 11.3. The molecular weight excluding hydrogens is 218 g/mol. The van der Waals surface area contributed by atoms with E-state index in [1.807, 2.05) is 0 Å². The van der Waals surface area contributed by atoms with Crippen LogP contribution in [0, 0.1) is 0 Å². The summed E-state index contributed by atoms with van der Waals surface area (Å²) < 4.78 is 24.7. The Labute approximate surface area is 85.5 Å². The van der Waals surface area contributed by atoms with Gasteiger partial charge in [0.05, 0.1) is 5.52 Å². The van der Waals surface area contributed by atoms with Crippen molar-refractivity contribution >= 4 is 21.4 Å². The Kier molecular flexibility index (Phi) is 2.30. The highest BCUT2D eigenvalue weighted by Gasteiger charge is 2.01. The number of fused-ring (bicyclic) bond motifs is 1. The Bertz CT molecular complexity index is 694. The molecule has 0 fully saturated rings. The van der Waals surface area contributed by atoms with Crippen molar-refractivity contribution in [1.29, 1.82) is 0 Å². The van der Waals surface area contributed by atoms with Crippen molar-refractivity contribution in [3.8, 4) is 0 Å². The fourth-order valence-corrected chi connectivity index (χ4v) is 1.51. The van der Waals surface area contributed by atoms with Gasteiger partial charge >= 0.3 is 16.2 Å². The van der Waals surface area contributed by atoms with Crippen molar-refractivity contribution in [1.82, 2.24) is 9.66 Å². The summed E-state index contributed by atoms with van der Waals surface area (Å²) in [7, 11) is -2.68. The normalized spacial score (nSPS) is 10.1. The summed E-state index contributed by atoms with van der Waals surface area (Å²) in [5.74, 6) is 0. The third-order valence-corrected chi connectivity index (χ3v) is 2.11. The van der Waals surface area contributed by atoms with Gasteiger partial charge in [0.2, 0.25) is 0 Å². The number of hydrogen-bond acceptors (Lipinski definition) is 5. The van der Waals surface area contributed by atoms with Crippen LogP contribution >= 0.6 is 0 Å². The second-order valence-corrected chi connectivity index (χ2v) is 3.31. The van der Waals surface area contributed by atoms with Gasteiger partial charge in [0.15, 0.2) is 0 Å². The molecule has 1 aromatic carbocycles. The van der Waals surface area contributed by atoms with Crippen LogP contribution in [-0.4, -0.2) is 18.1 Å². The molecule has 7 heteroatoms. The molecule has 2 rings (SSSR count). The van der Waals surface area contributed by atoms with Crippen LogP contribution < -0.4 is 5.69 Å². The molecule has 0 saturated carbocycles. The summed E-state index contributed by atoms with van der Waals surface area (Å²) in [6, 6.07) is 6.74. The van der Waals surface area contributed by atoms with Crippen LogP contribution in [0.4, 0.5) is 0 Å². The van der Waals surface area contributed by atoms with Gasteiger partial charge in [0, 0.05) is 11.6 Å². The number of nitrogens with zero attached hydrogens (tertiary/aromatic N) is 3. The standard InChI is InChI=1S/C8H5N3O3S/c12-8-9-5-6-3-1-2-4-7(6)11(8)10-15(13)14/h1-5H. The lowest BCUT2D eigenvalue weighted by Gasteiger charge is -1.99. The molecule has 0 spiro atoms. The van der Waals surface area contributed by atoms with Crippen LogP contribution in [0.25, 0.3) is 10.9 Å². The Morgan fingerprint density at radius 3 is 2.73 bits per heavy atom. The molecule has 76 valence electrons. The summed E-state index contributed by atoms with van der Waals surface area (Å²) >= 11 is 0. The molecule has 0 aliphatic carbocycles. The predicted molar refractivity (Wildman–Crippen MR) is 52.7 cm³/mol. The van der Waals surface area contributed by atoms with Crippen LogP contribution in [-0.2, 0) is 10.5 Å². The van der Waals surface area contributed by atoms with E-state index in [1.165, 1.54) is 6.20 Å². The lowest BCUT2D eigenvalue weighted by Crippen LogP contribution is -2.18. The summed E-state index contributed by atoms with van der Waals surface area (Å²) in [6.07, 6.45) is 1.37. The Balaban J connectivity index is 2.98. The highest BCUT2D eigenvalue weighted by Crippen LogP contribution is 2.08. The van der Waals surface area contributed by atoms with Gasteiger partial charge in [0.1, 0.15) is 0 Å². The van der Waals surface area contributed by atoms with E-state index in [0.29, 0.717) is 10.9 Å². The molecule has 0 N–H and O–H groups in total. The summed E-state index contributed by atoms with van der Waals surface area (Å²) in [6.45, 7) is 0. The average Bonchev–Trinajstić information content (AvgIpc) is 2.22. The fraction of sp³-hybridized carbons (Fsp3) is 0. The van der Waals surface area contributed by atoms with Crippen LogP contribution in [0.2, 0.25) is 0 Å². The molecule has 1 aromatic heterocycles. The first-order valence-corrected chi connectivity index (χ1v) is 5.00. The van der Waals surface area contributed by atoms with Gasteiger partial charge in [-0.15, -0.1) is 0 Å². The Morgan fingerprint density at radius 2 is 2.00 bits per heavy atom. The first-order valence-electron chi connectivity index (χ1n) is 3.97. The molecule has 0 radical (unpaired) electrons. The third kappa shape index (κ3) is 1.77. The minimum atomic E-state index is -2.68. The monoisotopic (exact) mass is 223 g/mol. The quantitative estimate of drug-likeness (QED) is 0.692. The average molecular weight is 223 g/mol. The first-order chi connectivity index (χ1) is 7.18. The number of para-hydroxylation sites is 1. The van der Waals surface area contributed by atoms with E-state index >= 15 is 0 Å². The van der Waals surface area contributed by atoms with Gasteiger partial charge in [-0.2, -0.15) is 18.1 Å². The van der Waals surface area contributed by atoms with Gasteiger partial charge in [-0.3, -0.25) is 0 Å². The zero-order valence-corrected chi connectivity index (χ0v) is 8.18. The maximum atomic E-state index is 11.3. The van der Waals surface area contributed by atoms with Crippen molar-refractivity contribution in [3.63, 3.8) is 0 Å². The van der Waals surface area contributed by atoms with Crippen molar-refractivity contribution in [3.05, 3.63) is 40.9 Å². The highest BCUT2D eigenvalue weighted by molar-refractivity contribution is 7.61. The van der Waals surface area contributed by atoms with Gasteiger partial charge in [0.25, 0.3) is 0 Å². The molecule has 0 amide bonds. The highest BCUT2D eigenvalue weighted by atomic mass is 32.2. The first kappa shape index (κ1) is 9.53. The van der Waals surface area contributed by atoms with E-state index in [4.69, 9.17) is 0 Å². The second kappa shape index (κ2) is 3.62. The number of hydrogen-bond donors (Lipinski definition) is 0. The van der Waals surface area contributed by atoms with Gasteiger partial charge in [-0.1, -0.05) is 18.2 Å². The molecule has 2 aromatic rings. The van der Waals surface area contributed by atoms with Crippen LogP contribution in [0.3, 0.4) is 0 Å². The molecular formula is C8H5N3O3S. The molecule has 0 atom stereocenters. The largest absolute Gasteiger partial charge is 0.369 e. The van der Waals surface area contributed by atoms with E-state index in [0.717, 1.165) is 4.68 Å². The van der Waals surface area contributed by atoms with Gasteiger partial charge in [-0.25, -0.2) is 4.79 Å². The lowest BCUT2D eigenvalue weighted by molar-refractivity contribution is 0.616. The van der Waals surface area contributed by atoms with Crippen molar-refractivity contribution in [2.24, 2.45) is 4.47 Å². The van der Waals surface area contributed by atoms with Crippen molar-refractivity contribution in [2.45, 2.75) is 0 Å². The number of rotatable bonds is 1. The molecule has 15 heavy (non-hydrogen) atoms. The van der Waals surface area contributed by atoms with E-state index in [-0.39, 0.29) is 0 Å². The molecule has 0 aliphatic heterocycles.